The molecule has 2 fully saturated rings. The number of carboxylic acid groups (broad SMARTS) is 1. The van der Waals surface area contributed by atoms with Crippen LogP contribution in [0.2, 0.25) is 0 Å². The summed E-state index contributed by atoms with van der Waals surface area (Å²) in [7, 11) is -3.78. The molecular weight excluding hydrogens is 324 g/mol. The van der Waals surface area contributed by atoms with Crippen molar-refractivity contribution in [2.24, 2.45) is 5.92 Å². The van der Waals surface area contributed by atoms with Crippen LogP contribution in [0.25, 0.3) is 0 Å². The lowest BCUT2D eigenvalue weighted by Crippen LogP contribution is -2.45. The van der Waals surface area contributed by atoms with Crippen molar-refractivity contribution in [1.29, 1.82) is 0 Å². The van der Waals surface area contributed by atoms with Gasteiger partial charge in [0.05, 0.1) is 11.2 Å². The van der Waals surface area contributed by atoms with Gasteiger partial charge in [0.25, 0.3) is 10.0 Å². The molecule has 1 aliphatic heterocycles. The molecule has 122 valence electrons. The molecule has 1 saturated carbocycles. The highest BCUT2D eigenvalue weighted by molar-refractivity contribution is 7.91. The number of aryl methyl sites for hydroxylation is 1. The maximum atomic E-state index is 13.0. The van der Waals surface area contributed by atoms with E-state index >= 15 is 0 Å². The second-order valence-corrected chi connectivity index (χ2v) is 9.15. The van der Waals surface area contributed by atoms with Crippen molar-refractivity contribution in [1.82, 2.24) is 9.29 Å². The molecule has 1 aromatic heterocycles. The van der Waals surface area contributed by atoms with Crippen LogP contribution in [-0.2, 0) is 21.2 Å². The molecule has 2 heterocycles. The van der Waals surface area contributed by atoms with Crippen molar-refractivity contribution in [3.8, 4) is 0 Å². The standard InChI is InChI=1S/C14H20N2O4S2/c1-2-12-15-8-13(21-12)22(19,20)16-10-6-4-3-5-9(10)7-11(16)14(17)18/h8-11H,2-7H2,1H3,(H,17,18). The van der Waals surface area contributed by atoms with Crippen molar-refractivity contribution in [3.05, 3.63) is 11.2 Å². The number of carbonyl (C=O) groups is 1. The van der Waals surface area contributed by atoms with E-state index in [2.05, 4.69) is 4.98 Å². The van der Waals surface area contributed by atoms with Gasteiger partial charge in [0, 0.05) is 6.04 Å². The Morgan fingerprint density at radius 3 is 2.82 bits per heavy atom. The highest BCUT2D eigenvalue weighted by atomic mass is 32.2. The zero-order chi connectivity index (χ0) is 15.9. The molecule has 3 rings (SSSR count). The number of carboxylic acids is 1. The van der Waals surface area contributed by atoms with Crippen LogP contribution in [0.4, 0.5) is 0 Å². The zero-order valence-electron chi connectivity index (χ0n) is 12.4. The first-order valence-electron chi connectivity index (χ1n) is 7.66. The maximum absolute atomic E-state index is 13.0. The molecule has 1 aliphatic carbocycles. The number of sulfonamides is 1. The molecule has 0 radical (unpaired) electrons. The van der Waals surface area contributed by atoms with Gasteiger partial charge in [-0.05, 0) is 31.6 Å². The molecule has 3 atom stereocenters. The fourth-order valence-electron chi connectivity index (χ4n) is 3.66. The van der Waals surface area contributed by atoms with Gasteiger partial charge in [0.15, 0.2) is 4.21 Å². The van der Waals surface area contributed by atoms with Gasteiger partial charge in [0.2, 0.25) is 0 Å². The molecule has 2 aliphatic rings. The van der Waals surface area contributed by atoms with Crippen molar-refractivity contribution in [2.75, 3.05) is 0 Å². The molecule has 22 heavy (non-hydrogen) atoms. The van der Waals surface area contributed by atoms with E-state index in [0.29, 0.717) is 12.8 Å². The van der Waals surface area contributed by atoms with Crippen molar-refractivity contribution in [2.45, 2.75) is 61.7 Å². The van der Waals surface area contributed by atoms with Crippen LogP contribution in [0.15, 0.2) is 10.4 Å². The zero-order valence-corrected chi connectivity index (χ0v) is 14.1. The lowest BCUT2D eigenvalue weighted by Gasteiger charge is -2.31. The van der Waals surface area contributed by atoms with Gasteiger partial charge in [-0.3, -0.25) is 4.79 Å². The van der Waals surface area contributed by atoms with Gasteiger partial charge in [-0.1, -0.05) is 19.8 Å². The van der Waals surface area contributed by atoms with Crippen LogP contribution < -0.4 is 0 Å². The van der Waals surface area contributed by atoms with E-state index in [1.807, 2.05) is 6.92 Å². The third-order valence-corrected chi connectivity index (χ3v) is 8.19. The Labute approximate surface area is 134 Å². The Morgan fingerprint density at radius 2 is 2.18 bits per heavy atom. The van der Waals surface area contributed by atoms with Crippen molar-refractivity contribution < 1.29 is 18.3 Å². The highest BCUT2D eigenvalue weighted by Crippen LogP contribution is 2.43. The number of thiazole rings is 1. The molecule has 1 aromatic rings. The number of aliphatic carboxylic acids is 1. The number of nitrogens with zero attached hydrogens (tertiary/aromatic N) is 2. The normalized spacial score (nSPS) is 29.4. The summed E-state index contributed by atoms with van der Waals surface area (Å²) in [5, 5.41) is 10.2. The molecule has 1 saturated heterocycles. The molecule has 0 aromatic carbocycles. The number of fused-ring (bicyclic) bond motifs is 1. The summed E-state index contributed by atoms with van der Waals surface area (Å²) in [6, 6.07) is -1.11. The average Bonchev–Trinajstić information content (AvgIpc) is 3.12. The average molecular weight is 344 g/mol. The SMILES string of the molecule is CCc1ncc(S(=O)(=O)N2C(C(=O)O)CC3CCCCC32)s1. The minimum atomic E-state index is -3.78. The number of rotatable bonds is 4. The second-order valence-electron chi connectivity index (χ2n) is 5.96. The highest BCUT2D eigenvalue weighted by Gasteiger charge is 2.51. The lowest BCUT2D eigenvalue weighted by atomic mass is 9.85. The predicted molar refractivity (Wildman–Crippen MR) is 82.3 cm³/mol. The van der Waals surface area contributed by atoms with Crippen molar-refractivity contribution >= 4 is 27.3 Å². The number of aromatic nitrogens is 1. The van der Waals surface area contributed by atoms with Crippen LogP contribution in [0.1, 0.15) is 44.0 Å². The maximum Gasteiger partial charge on any atom is 0.322 e. The van der Waals surface area contributed by atoms with Crippen LogP contribution >= 0.6 is 11.3 Å². The monoisotopic (exact) mass is 344 g/mol. The minimum absolute atomic E-state index is 0.168. The van der Waals surface area contributed by atoms with Crippen LogP contribution in [0, 0.1) is 5.92 Å². The van der Waals surface area contributed by atoms with Gasteiger partial charge >= 0.3 is 5.97 Å². The first kappa shape index (κ1) is 15.9. The number of hydrogen-bond acceptors (Lipinski definition) is 5. The molecule has 3 unspecified atom stereocenters. The molecule has 0 bridgehead atoms. The van der Waals surface area contributed by atoms with Gasteiger partial charge < -0.3 is 5.11 Å². The molecule has 1 N–H and O–H groups in total. The summed E-state index contributed by atoms with van der Waals surface area (Å²) in [5.41, 5.74) is 0. The van der Waals surface area contributed by atoms with Crippen LogP contribution in [-0.4, -0.2) is 40.9 Å². The van der Waals surface area contributed by atoms with Crippen LogP contribution in [0.5, 0.6) is 0 Å². The first-order valence-corrected chi connectivity index (χ1v) is 9.92. The van der Waals surface area contributed by atoms with Gasteiger partial charge in [-0.15, -0.1) is 11.3 Å². The Balaban J connectivity index is 1.99. The summed E-state index contributed by atoms with van der Waals surface area (Å²) in [4.78, 5) is 15.7. The summed E-state index contributed by atoms with van der Waals surface area (Å²) < 4.78 is 27.4. The van der Waals surface area contributed by atoms with E-state index in [1.54, 1.807) is 0 Å². The van der Waals surface area contributed by atoms with E-state index in [0.717, 1.165) is 42.0 Å². The topological polar surface area (TPSA) is 87.6 Å². The fraction of sp³-hybridized carbons (Fsp3) is 0.714. The van der Waals surface area contributed by atoms with E-state index in [-0.39, 0.29) is 16.2 Å². The molecule has 8 heteroatoms. The van der Waals surface area contributed by atoms with Crippen LogP contribution in [0.3, 0.4) is 0 Å². The first-order chi connectivity index (χ1) is 10.4. The smallest absolute Gasteiger partial charge is 0.322 e. The Bertz CT molecular complexity index is 670. The Morgan fingerprint density at radius 1 is 1.45 bits per heavy atom. The molecule has 0 spiro atoms. The Kier molecular flexibility index (Phi) is 4.26. The third-order valence-electron chi connectivity index (χ3n) is 4.68. The third kappa shape index (κ3) is 2.57. The predicted octanol–water partition coefficient (Wildman–Crippen LogP) is 2.11. The van der Waals surface area contributed by atoms with E-state index in [1.165, 1.54) is 10.5 Å². The summed E-state index contributed by atoms with van der Waals surface area (Å²) in [6.45, 7) is 1.92. The molecule has 6 nitrogen and oxygen atoms in total. The lowest BCUT2D eigenvalue weighted by molar-refractivity contribution is -0.141. The van der Waals surface area contributed by atoms with Gasteiger partial charge in [-0.2, -0.15) is 4.31 Å². The minimum Gasteiger partial charge on any atom is -0.480 e. The molecule has 0 amide bonds. The molecular formula is C14H20N2O4S2. The fourth-order valence-corrected chi connectivity index (χ4v) is 6.75. The summed E-state index contributed by atoms with van der Waals surface area (Å²) >= 11 is 1.15. The van der Waals surface area contributed by atoms with E-state index < -0.39 is 22.0 Å². The van der Waals surface area contributed by atoms with Gasteiger partial charge in [-0.25, -0.2) is 13.4 Å². The second kappa shape index (κ2) is 5.90. The Hall–Kier alpha value is -0.990. The van der Waals surface area contributed by atoms with Gasteiger partial charge in [0.1, 0.15) is 6.04 Å². The number of hydrogen-bond donors (Lipinski definition) is 1. The summed E-state index contributed by atoms with van der Waals surface area (Å²) in [6.07, 6.45) is 6.17. The van der Waals surface area contributed by atoms with E-state index in [9.17, 15) is 18.3 Å². The van der Waals surface area contributed by atoms with Crippen molar-refractivity contribution in [3.63, 3.8) is 0 Å². The quantitative estimate of drug-likeness (QED) is 0.904. The summed E-state index contributed by atoms with van der Waals surface area (Å²) in [5.74, 6) is -0.874. The van der Waals surface area contributed by atoms with E-state index in [4.69, 9.17) is 0 Å². The largest absolute Gasteiger partial charge is 0.480 e.